The second-order valence-corrected chi connectivity index (χ2v) is 26.9. The first-order valence-electron chi connectivity index (χ1n) is 25.2. The molecule has 80 heavy (non-hydrogen) atoms. The molecule has 8 aromatic rings. The van der Waals surface area contributed by atoms with E-state index in [1.807, 2.05) is 106 Å². The predicted octanol–water partition coefficient (Wildman–Crippen LogP) is 8.80. The molecule has 16 nitrogen and oxygen atoms in total. The van der Waals surface area contributed by atoms with Crippen LogP contribution in [0.3, 0.4) is 0 Å². The second-order valence-electron chi connectivity index (χ2n) is 18.9. The highest BCUT2D eigenvalue weighted by Gasteiger charge is 2.10. The maximum absolute atomic E-state index is 11.6. The molecule has 0 radical (unpaired) electrons. The SMILES string of the molecule is CP(C)(=O)CCNCc1ccnc(-c2ccc(C=O)cc2)c1.CP(C)(=O)CCNCc1ccnc(-c2ccc(CO)cc2)c1.O=Cc1ccnc(-c2ccc(CO)cc2)c1.O=Cc1ccnc(Br)c1.OCc1ccc(B(O)O)cc1. The Labute approximate surface area is 476 Å². The van der Waals surface area contributed by atoms with Crippen LogP contribution in [-0.4, -0.2) is 123 Å². The second kappa shape index (κ2) is 35.1. The van der Waals surface area contributed by atoms with Gasteiger partial charge in [-0.3, -0.25) is 29.3 Å². The topological polar surface area (TPSA) is 262 Å². The van der Waals surface area contributed by atoms with Crippen LogP contribution in [0.5, 0.6) is 0 Å². The summed E-state index contributed by atoms with van der Waals surface area (Å²) >= 11 is 3.13. The smallest absolute Gasteiger partial charge is 0.423 e. The van der Waals surface area contributed by atoms with E-state index in [1.54, 1.807) is 85.5 Å². The Hall–Kier alpha value is -6.79. The average Bonchev–Trinajstić information content (AvgIpc) is 3.48. The Kier molecular flexibility index (Phi) is 28.8. The number of benzene rings is 4. The Morgan fingerprint density at radius 3 is 1.15 bits per heavy atom. The van der Waals surface area contributed by atoms with E-state index >= 15 is 0 Å². The predicted molar refractivity (Wildman–Crippen MR) is 323 cm³/mol. The monoisotopic (exact) mass is 1180 g/mol. The lowest BCUT2D eigenvalue weighted by molar-refractivity contribution is 0.111. The molecular formula is C60H68BBrN6O10P2. The molecule has 4 aromatic heterocycles. The third kappa shape index (κ3) is 25.6. The number of carbonyl (C=O) groups excluding carboxylic acids is 3. The van der Waals surface area contributed by atoms with E-state index in [4.69, 9.17) is 25.4 Å². The summed E-state index contributed by atoms with van der Waals surface area (Å²) in [7, 11) is -5.33. The fourth-order valence-corrected chi connectivity index (χ4v) is 8.68. The van der Waals surface area contributed by atoms with Crippen LogP contribution in [0.1, 0.15) is 58.9 Å². The highest BCUT2D eigenvalue weighted by molar-refractivity contribution is 9.10. The van der Waals surface area contributed by atoms with Crippen molar-refractivity contribution in [3.63, 3.8) is 0 Å². The van der Waals surface area contributed by atoms with Gasteiger partial charge in [0.15, 0.2) is 0 Å². The Morgan fingerprint density at radius 1 is 0.450 bits per heavy atom. The van der Waals surface area contributed by atoms with Crippen LogP contribution in [0.15, 0.2) is 175 Å². The third-order valence-electron chi connectivity index (χ3n) is 11.4. The number of hydrogen-bond acceptors (Lipinski definition) is 16. The molecule has 0 bridgehead atoms. The molecule has 0 saturated carbocycles. The summed E-state index contributed by atoms with van der Waals surface area (Å²) < 4.78 is 24.0. The molecule has 8 rings (SSSR count). The van der Waals surface area contributed by atoms with Gasteiger partial charge in [0.05, 0.1) is 51.2 Å². The van der Waals surface area contributed by atoms with Gasteiger partial charge in [-0.05, 0) is 124 Å². The molecular weight excluding hydrogens is 1120 g/mol. The van der Waals surface area contributed by atoms with Crippen molar-refractivity contribution in [2.24, 2.45) is 0 Å². The van der Waals surface area contributed by atoms with Crippen LogP contribution in [0.25, 0.3) is 33.8 Å². The summed E-state index contributed by atoms with van der Waals surface area (Å²) in [6, 6.07) is 43.7. The van der Waals surface area contributed by atoms with E-state index < -0.39 is 21.4 Å². The highest BCUT2D eigenvalue weighted by Crippen LogP contribution is 2.35. The highest BCUT2D eigenvalue weighted by atomic mass is 79.9. The van der Waals surface area contributed by atoms with Gasteiger partial charge in [0.25, 0.3) is 0 Å². The maximum Gasteiger partial charge on any atom is 0.488 e. The number of pyridine rings is 4. The molecule has 0 atom stereocenters. The third-order valence-corrected chi connectivity index (χ3v) is 14.5. The van der Waals surface area contributed by atoms with Crippen LogP contribution < -0.4 is 16.1 Å². The van der Waals surface area contributed by atoms with Crippen molar-refractivity contribution in [1.82, 2.24) is 30.6 Å². The van der Waals surface area contributed by atoms with E-state index in [9.17, 15) is 23.5 Å². The number of aliphatic hydroxyl groups is 3. The quantitative estimate of drug-likeness (QED) is 0.0124. The molecule has 0 aliphatic heterocycles. The summed E-state index contributed by atoms with van der Waals surface area (Å²) in [5.74, 6) is 0. The standard InChI is InChI=1S/C17H23N2O2P.C17H21N2O2P.C13H11NO2.C7H9BO3.C6H4BrNO/c2*1-22(2,21)10-9-18-12-15-7-8-19-17(11-15)16-5-3-14(13-20)4-6-16;15-8-10-1-3-12(4-2-10)13-7-11(9-16)5-6-14-13;9-5-6-1-3-7(4-2-6)8(10)11;7-6-3-5(4-9)1-2-8-6/h3-8,11,18,20H,9-10,12-13H2,1-2H3;3-8,11,13,18H,9-10,12H2,1-2H3;1-7,9,15H,8H2;1-4,9-11H,5H2;1-4H. The zero-order chi connectivity index (χ0) is 58.3. The number of aldehydes is 3. The average molecular weight is 1190 g/mol. The molecule has 7 N–H and O–H groups in total. The fourth-order valence-electron chi connectivity index (χ4n) is 6.90. The minimum atomic E-state index is -1.96. The van der Waals surface area contributed by atoms with Crippen LogP contribution in [0.2, 0.25) is 0 Å². The van der Waals surface area contributed by atoms with Crippen molar-refractivity contribution in [1.29, 1.82) is 0 Å². The van der Waals surface area contributed by atoms with E-state index in [2.05, 4.69) is 52.6 Å². The Balaban J connectivity index is 0.000000223. The largest absolute Gasteiger partial charge is 0.488 e. The molecule has 418 valence electrons. The molecule has 0 fully saturated rings. The molecule has 0 unspecified atom stereocenters. The summed E-state index contributed by atoms with van der Waals surface area (Å²) in [6.45, 7) is 10.3. The van der Waals surface area contributed by atoms with Crippen molar-refractivity contribution in [3.8, 4) is 33.8 Å². The number of rotatable bonds is 20. The first-order chi connectivity index (χ1) is 38.3. The number of carbonyl (C=O) groups is 3. The summed E-state index contributed by atoms with van der Waals surface area (Å²) in [4.78, 5) is 48.2. The first-order valence-corrected chi connectivity index (χ1v) is 31.6. The van der Waals surface area contributed by atoms with Crippen LogP contribution >= 0.6 is 30.2 Å². The van der Waals surface area contributed by atoms with Gasteiger partial charge in [-0.15, -0.1) is 0 Å². The molecule has 4 heterocycles. The van der Waals surface area contributed by atoms with Gasteiger partial charge in [0, 0.05) is 96.7 Å². The molecule has 0 amide bonds. The first kappa shape index (κ1) is 65.7. The van der Waals surface area contributed by atoms with Gasteiger partial charge in [0.2, 0.25) is 0 Å². The minimum absolute atomic E-state index is 0.0260. The lowest BCUT2D eigenvalue weighted by atomic mass is 9.80. The van der Waals surface area contributed by atoms with Crippen molar-refractivity contribution in [2.45, 2.75) is 32.9 Å². The molecule has 0 aliphatic carbocycles. The van der Waals surface area contributed by atoms with E-state index in [-0.39, 0.29) is 19.8 Å². The zero-order valence-corrected chi connectivity index (χ0v) is 48.6. The summed E-state index contributed by atoms with van der Waals surface area (Å²) in [5.41, 5.74) is 12.6. The number of nitrogens with zero attached hydrogens (tertiary/aromatic N) is 4. The van der Waals surface area contributed by atoms with Crippen molar-refractivity contribution >= 4 is 61.7 Å². The molecule has 4 aromatic carbocycles. The number of aliphatic hydroxyl groups excluding tert-OH is 3. The Morgan fingerprint density at radius 2 is 0.800 bits per heavy atom. The van der Waals surface area contributed by atoms with Crippen molar-refractivity contribution < 1.29 is 48.9 Å². The molecule has 0 aliphatic rings. The number of aromatic nitrogens is 4. The normalized spacial score (nSPS) is 10.7. The number of halogens is 1. The number of hydrogen-bond donors (Lipinski definition) is 7. The fraction of sp³-hybridized carbons (Fsp3) is 0.217. The van der Waals surface area contributed by atoms with Gasteiger partial charge in [-0.2, -0.15) is 0 Å². The maximum atomic E-state index is 11.6. The molecule has 20 heteroatoms. The van der Waals surface area contributed by atoms with Crippen molar-refractivity contribution in [3.05, 3.63) is 219 Å². The van der Waals surface area contributed by atoms with Gasteiger partial charge >= 0.3 is 7.12 Å². The van der Waals surface area contributed by atoms with Gasteiger partial charge in [0.1, 0.15) is 23.5 Å². The molecule has 0 spiro atoms. The van der Waals surface area contributed by atoms with Crippen LogP contribution in [-0.2, 0) is 42.0 Å². The van der Waals surface area contributed by atoms with Gasteiger partial charge < -0.3 is 45.1 Å². The Bertz CT molecular complexity index is 3240. The van der Waals surface area contributed by atoms with Crippen molar-refractivity contribution in [2.75, 3.05) is 52.1 Å². The lowest BCUT2D eigenvalue weighted by Crippen LogP contribution is -2.29. The summed E-state index contributed by atoms with van der Waals surface area (Å²) in [6.07, 6.45) is 10.6. The summed E-state index contributed by atoms with van der Waals surface area (Å²) in [5, 5.41) is 50.6. The lowest BCUT2D eigenvalue weighted by Gasteiger charge is -2.09. The number of nitrogens with one attached hydrogen (secondary N) is 2. The van der Waals surface area contributed by atoms with E-state index in [1.165, 1.54) is 0 Å². The van der Waals surface area contributed by atoms with Crippen LogP contribution in [0, 0.1) is 0 Å². The van der Waals surface area contributed by atoms with Crippen LogP contribution in [0.4, 0.5) is 0 Å². The van der Waals surface area contributed by atoms with Gasteiger partial charge in [-0.1, -0.05) is 97.1 Å². The molecule has 0 saturated heterocycles. The minimum Gasteiger partial charge on any atom is -0.423 e. The van der Waals surface area contributed by atoms with E-state index in [0.29, 0.717) is 39.1 Å². The zero-order valence-electron chi connectivity index (χ0n) is 45.2. The van der Waals surface area contributed by atoms with E-state index in [0.717, 1.165) is 107 Å². The van der Waals surface area contributed by atoms with Gasteiger partial charge in [-0.25, -0.2) is 4.98 Å².